The number of hydrogen-bond donors (Lipinski definition) is 8. The van der Waals surface area contributed by atoms with E-state index in [-0.39, 0.29) is 36.4 Å². The first-order valence-electron chi connectivity index (χ1n) is 16.7. The Hall–Kier alpha value is -3.54. The van der Waals surface area contributed by atoms with Crippen LogP contribution in [0.1, 0.15) is 61.5 Å². The third kappa shape index (κ3) is 8.61. The molecule has 3 fully saturated rings. The van der Waals surface area contributed by atoms with Crippen molar-refractivity contribution in [1.82, 2.24) is 25.8 Å². The lowest BCUT2D eigenvalue weighted by atomic mass is 9.81. The largest absolute Gasteiger partial charge is 0.507 e. The zero-order valence-electron chi connectivity index (χ0n) is 28.8. The summed E-state index contributed by atoms with van der Waals surface area (Å²) in [6, 6.07) is 1.43. The van der Waals surface area contributed by atoms with Gasteiger partial charge in [0, 0.05) is 64.1 Å². The van der Waals surface area contributed by atoms with E-state index in [4.69, 9.17) is 9.47 Å². The summed E-state index contributed by atoms with van der Waals surface area (Å²) in [5.41, 5.74) is -1.41. The summed E-state index contributed by atoms with van der Waals surface area (Å²) in [6.45, 7) is 10.0. The Morgan fingerprint density at radius 1 is 1.10 bits per heavy atom. The van der Waals surface area contributed by atoms with Gasteiger partial charge in [0.15, 0.2) is 5.60 Å². The van der Waals surface area contributed by atoms with Gasteiger partial charge in [-0.05, 0) is 57.4 Å². The van der Waals surface area contributed by atoms with Gasteiger partial charge in [-0.15, -0.1) is 0 Å². The number of aliphatic carboxylic acids is 1. The van der Waals surface area contributed by atoms with E-state index in [1.165, 1.54) is 19.1 Å². The number of carboxylic acids is 1. The van der Waals surface area contributed by atoms with Gasteiger partial charge in [-0.2, -0.15) is 0 Å². The predicted molar refractivity (Wildman–Crippen MR) is 175 cm³/mol. The number of rotatable bonds is 11. The van der Waals surface area contributed by atoms with Crippen LogP contribution in [-0.2, 0) is 19.1 Å². The highest BCUT2D eigenvalue weighted by Crippen LogP contribution is 2.37. The second kappa shape index (κ2) is 15.6. The van der Waals surface area contributed by atoms with Crippen molar-refractivity contribution in [2.75, 3.05) is 45.9 Å². The van der Waals surface area contributed by atoms with E-state index in [1.807, 2.05) is 13.8 Å². The number of carbonyl (C=O) groups is 4. The van der Waals surface area contributed by atoms with Crippen LogP contribution in [0.5, 0.6) is 5.75 Å². The Balaban J connectivity index is 1.50. The number of carbonyl (C=O) groups excluding carboxylic acids is 3. The molecule has 7 atom stereocenters. The van der Waals surface area contributed by atoms with Gasteiger partial charge < -0.3 is 55.9 Å². The molecule has 4 amide bonds. The van der Waals surface area contributed by atoms with E-state index in [0.717, 1.165) is 0 Å². The molecule has 0 unspecified atom stereocenters. The third-order valence-corrected chi connectivity index (χ3v) is 9.75. The highest BCUT2D eigenvalue weighted by molar-refractivity contribution is 5.95. The Kier molecular flexibility index (Phi) is 12.2. The van der Waals surface area contributed by atoms with Crippen LogP contribution in [0.3, 0.4) is 0 Å². The number of likely N-dealkylation sites (tertiary alicyclic amines) is 1. The number of aromatic hydroxyl groups is 1. The fraction of sp³-hybridized carbons (Fsp3) is 0.697. The van der Waals surface area contributed by atoms with E-state index >= 15 is 0 Å². The minimum absolute atomic E-state index is 0.0414. The van der Waals surface area contributed by atoms with Crippen molar-refractivity contribution in [3.05, 3.63) is 28.8 Å². The van der Waals surface area contributed by atoms with Crippen LogP contribution in [0.15, 0.2) is 12.1 Å². The first-order valence-corrected chi connectivity index (χ1v) is 16.7. The molecular weight excluding hydrogens is 642 g/mol. The summed E-state index contributed by atoms with van der Waals surface area (Å²) >= 11 is 0. The standard InChI is InChI=1S/C33H51N5O11/c1-18(2)35-31(47)37-8-6-32(16-37)17-48-11-10-38(32)9-7-33(30(45)46)14-23(40)25(36-21(5)39)28(49-33)27(43)24(41)15-34-29(44)22-12-19(3)26(42)20(4)13-22/h12-13,18,23-25,27-28,40-43H,6-11,14-17H2,1-5H3,(H,34,44)(H,35,47)(H,36,39)(H,45,46)/t23-,24+,25+,27+,28+,32-,33+/m0/s1. The number of ether oxygens (including phenoxy) is 2. The molecule has 0 saturated carbocycles. The quantitative estimate of drug-likeness (QED) is 0.143. The number of aliphatic hydroxyl groups excluding tert-OH is 3. The molecule has 1 spiro atoms. The van der Waals surface area contributed by atoms with E-state index in [9.17, 15) is 44.7 Å². The van der Waals surface area contributed by atoms with Crippen molar-refractivity contribution in [3.8, 4) is 5.75 Å². The van der Waals surface area contributed by atoms with Gasteiger partial charge in [-0.25, -0.2) is 9.59 Å². The summed E-state index contributed by atoms with van der Waals surface area (Å²) in [6.07, 6.45) is -6.51. The number of aliphatic hydroxyl groups is 3. The highest BCUT2D eigenvalue weighted by Gasteiger charge is 2.55. The second-order valence-electron chi connectivity index (χ2n) is 13.9. The molecule has 16 nitrogen and oxygen atoms in total. The maximum atomic E-state index is 12.9. The number of hydrogen-bond acceptors (Lipinski definition) is 11. The van der Waals surface area contributed by atoms with Crippen LogP contribution in [0.2, 0.25) is 0 Å². The summed E-state index contributed by atoms with van der Waals surface area (Å²) < 4.78 is 11.9. The molecule has 16 heteroatoms. The number of carboxylic acid groups (broad SMARTS) is 1. The zero-order valence-corrected chi connectivity index (χ0v) is 28.8. The molecule has 3 aliphatic heterocycles. The van der Waals surface area contributed by atoms with Crippen molar-refractivity contribution in [2.24, 2.45) is 0 Å². The molecule has 3 aliphatic rings. The first kappa shape index (κ1) is 38.3. The van der Waals surface area contributed by atoms with E-state index in [2.05, 4.69) is 20.9 Å². The van der Waals surface area contributed by atoms with Gasteiger partial charge in [-0.1, -0.05) is 0 Å². The topological polar surface area (TPSA) is 230 Å². The Morgan fingerprint density at radius 2 is 1.78 bits per heavy atom. The fourth-order valence-corrected chi connectivity index (χ4v) is 7.07. The number of aryl methyl sites for hydroxylation is 2. The smallest absolute Gasteiger partial charge is 0.336 e. The Morgan fingerprint density at radius 3 is 2.39 bits per heavy atom. The molecule has 1 aromatic carbocycles. The Labute approximate surface area is 285 Å². The molecular formula is C33H51N5O11. The minimum atomic E-state index is -2.02. The number of benzene rings is 1. The van der Waals surface area contributed by atoms with Crippen LogP contribution >= 0.6 is 0 Å². The molecule has 1 aromatic rings. The molecule has 4 rings (SSSR count). The van der Waals surface area contributed by atoms with Crippen LogP contribution in [0, 0.1) is 13.8 Å². The molecule has 3 saturated heterocycles. The van der Waals surface area contributed by atoms with Crippen LogP contribution in [0.25, 0.3) is 0 Å². The van der Waals surface area contributed by atoms with Gasteiger partial charge in [0.2, 0.25) is 5.91 Å². The average molecular weight is 694 g/mol. The van der Waals surface area contributed by atoms with Gasteiger partial charge in [0.1, 0.15) is 18.0 Å². The fourth-order valence-electron chi connectivity index (χ4n) is 7.07. The van der Waals surface area contributed by atoms with Gasteiger partial charge in [0.05, 0.1) is 37.0 Å². The zero-order chi connectivity index (χ0) is 36.3. The number of nitrogens with zero attached hydrogens (tertiary/aromatic N) is 2. The van der Waals surface area contributed by atoms with E-state index in [0.29, 0.717) is 50.4 Å². The SMILES string of the molecule is CC(=O)N[C@H]1[C@H]([C@H](O)[C@H](O)CNC(=O)c2cc(C)c(O)c(C)c2)O[C@@](CCN2CCOC[C@@]23CCN(C(=O)NC(C)C)C3)(C(=O)O)C[C@@H]1O. The van der Waals surface area contributed by atoms with E-state index in [1.54, 1.807) is 18.7 Å². The summed E-state index contributed by atoms with van der Waals surface area (Å²) in [7, 11) is 0. The maximum Gasteiger partial charge on any atom is 0.336 e. The molecule has 8 N–H and O–H groups in total. The predicted octanol–water partition coefficient (Wildman–Crippen LogP) is -0.777. The number of amides is 4. The highest BCUT2D eigenvalue weighted by atomic mass is 16.6. The maximum absolute atomic E-state index is 12.9. The summed E-state index contributed by atoms with van der Waals surface area (Å²) in [5, 5.41) is 62.0. The molecule has 0 bridgehead atoms. The van der Waals surface area contributed by atoms with Crippen molar-refractivity contribution in [1.29, 1.82) is 0 Å². The van der Waals surface area contributed by atoms with Crippen LogP contribution in [-0.4, -0.2) is 153 Å². The number of morpholine rings is 1. The third-order valence-electron chi connectivity index (χ3n) is 9.75. The summed E-state index contributed by atoms with van der Waals surface area (Å²) in [4.78, 5) is 54.4. The van der Waals surface area contributed by atoms with Crippen molar-refractivity contribution in [2.45, 2.75) is 102 Å². The number of urea groups is 1. The molecule has 274 valence electrons. The number of phenols is 1. The van der Waals surface area contributed by atoms with E-state index < -0.39 is 72.3 Å². The van der Waals surface area contributed by atoms with Crippen LogP contribution in [0.4, 0.5) is 4.79 Å². The molecule has 0 radical (unpaired) electrons. The van der Waals surface area contributed by atoms with Gasteiger partial charge >= 0.3 is 12.0 Å². The lowest BCUT2D eigenvalue weighted by molar-refractivity contribution is -0.231. The van der Waals surface area contributed by atoms with Gasteiger partial charge in [0.25, 0.3) is 5.91 Å². The van der Waals surface area contributed by atoms with Crippen molar-refractivity contribution in [3.63, 3.8) is 0 Å². The normalized spacial score (nSPS) is 28.7. The first-order chi connectivity index (χ1) is 23.0. The summed E-state index contributed by atoms with van der Waals surface area (Å²) in [5.74, 6) is -2.51. The lowest BCUT2D eigenvalue weighted by Crippen LogP contribution is -2.68. The van der Waals surface area contributed by atoms with Crippen molar-refractivity contribution < 1.29 is 54.2 Å². The lowest BCUT2D eigenvalue weighted by Gasteiger charge is -2.49. The van der Waals surface area contributed by atoms with Crippen molar-refractivity contribution >= 4 is 23.8 Å². The van der Waals surface area contributed by atoms with Crippen LogP contribution < -0.4 is 16.0 Å². The van der Waals surface area contributed by atoms with Gasteiger partial charge in [-0.3, -0.25) is 14.5 Å². The Bertz CT molecular complexity index is 1370. The number of nitrogens with one attached hydrogen (secondary N) is 3. The second-order valence-corrected chi connectivity index (χ2v) is 13.9. The molecule has 3 heterocycles. The number of phenolic OH excluding ortho intramolecular Hbond substituents is 1. The monoisotopic (exact) mass is 693 g/mol. The minimum Gasteiger partial charge on any atom is -0.507 e. The molecule has 49 heavy (non-hydrogen) atoms. The average Bonchev–Trinajstić information content (AvgIpc) is 3.46. The molecule has 0 aliphatic carbocycles. The molecule has 0 aromatic heterocycles.